The van der Waals surface area contributed by atoms with Crippen LogP contribution in [-0.2, 0) is 14.3 Å². The Balaban J connectivity index is 4.46. The maximum Gasteiger partial charge on any atom is 0.313 e. The second kappa shape index (κ2) is 7.55. The molecule has 4 heteroatoms. The third kappa shape index (κ3) is 5.46. The number of ketones is 1. The van der Waals surface area contributed by atoms with Crippen molar-refractivity contribution in [3.63, 3.8) is 0 Å². The highest BCUT2D eigenvalue weighted by molar-refractivity contribution is 6.07. The average molecular weight is 209 g/mol. The highest BCUT2D eigenvalue weighted by atomic mass is 16.5. The van der Waals surface area contributed by atoms with Gasteiger partial charge in [-0.2, -0.15) is 0 Å². The first-order valence-corrected chi connectivity index (χ1v) is 4.55. The number of nitrogens with two attached hydrogens (primary N) is 1. The summed E-state index contributed by atoms with van der Waals surface area (Å²) in [6.07, 6.45) is 5.32. The van der Waals surface area contributed by atoms with Gasteiger partial charge in [-0.3, -0.25) is 9.59 Å². The van der Waals surface area contributed by atoms with Gasteiger partial charge in [0, 0.05) is 5.57 Å². The van der Waals surface area contributed by atoms with Crippen molar-refractivity contribution < 1.29 is 14.3 Å². The normalized spacial score (nSPS) is 11.4. The number of rotatable bonds is 6. The standard InChI is InChI=1S/C11H15NO3/c1-3-5-9(6-7-12)10(13)8-11(14)15-4-2/h3,5-7H,1,4,8,12H2,2H3/b7-6-,9-5+. The summed E-state index contributed by atoms with van der Waals surface area (Å²) in [5.41, 5.74) is 5.50. The fraction of sp³-hybridized carbons (Fsp3) is 0.273. The summed E-state index contributed by atoms with van der Waals surface area (Å²) in [6.45, 7) is 5.41. The van der Waals surface area contributed by atoms with E-state index in [9.17, 15) is 9.59 Å². The zero-order valence-electron chi connectivity index (χ0n) is 8.73. The number of Topliss-reactive ketones (excluding diaryl/α,β-unsaturated/α-hetero) is 1. The first kappa shape index (κ1) is 13.2. The van der Waals surface area contributed by atoms with Crippen LogP contribution in [0.25, 0.3) is 0 Å². The van der Waals surface area contributed by atoms with Crippen molar-refractivity contribution in [3.8, 4) is 0 Å². The van der Waals surface area contributed by atoms with Crippen LogP contribution < -0.4 is 5.73 Å². The first-order chi connectivity index (χ1) is 7.15. The Morgan fingerprint density at radius 2 is 2.13 bits per heavy atom. The van der Waals surface area contributed by atoms with Crippen LogP contribution in [0.15, 0.2) is 36.6 Å². The molecule has 0 unspecified atom stereocenters. The van der Waals surface area contributed by atoms with Crippen LogP contribution in [0.4, 0.5) is 0 Å². The van der Waals surface area contributed by atoms with Crippen molar-refractivity contribution in [2.24, 2.45) is 5.73 Å². The summed E-state index contributed by atoms with van der Waals surface area (Å²) in [4.78, 5) is 22.5. The van der Waals surface area contributed by atoms with Crippen molar-refractivity contribution >= 4 is 11.8 Å². The number of allylic oxidation sites excluding steroid dienone is 4. The van der Waals surface area contributed by atoms with Crippen LogP contribution >= 0.6 is 0 Å². The van der Waals surface area contributed by atoms with Gasteiger partial charge < -0.3 is 10.5 Å². The van der Waals surface area contributed by atoms with Gasteiger partial charge in [0.05, 0.1) is 6.61 Å². The van der Waals surface area contributed by atoms with E-state index in [0.29, 0.717) is 5.57 Å². The minimum atomic E-state index is -0.539. The largest absolute Gasteiger partial charge is 0.466 e. The molecule has 0 aliphatic carbocycles. The molecule has 0 rings (SSSR count). The van der Waals surface area contributed by atoms with Crippen molar-refractivity contribution in [2.45, 2.75) is 13.3 Å². The molecular formula is C11H15NO3. The number of esters is 1. The highest BCUT2D eigenvalue weighted by Crippen LogP contribution is 2.03. The van der Waals surface area contributed by atoms with Gasteiger partial charge in [-0.15, -0.1) is 0 Å². The predicted octanol–water partition coefficient (Wildman–Crippen LogP) is 1.09. The molecule has 0 aromatic heterocycles. The van der Waals surface area contributed by atoms with Gasteiger partial charge in [0.1, 0.15) is 6.42 Å². The van der Waals surface area contributed by atoms with Crippen molar-refractivity contribution in [2.75, 3.05) is 6.61 Å². The molecule has 0 aliphatic rings. The molecule has 82 valence electrons. The molecule has 0 heterocycles. The van der Waals surface area contributed by atoms with Crippen LogP contribution in [0.3, 0.4) is 0 Å². The molecule has 2 N–H and O–H groups in total. The Labute approximate surface area is 89.1 Å². The van der Waals surface area contributed by atoms with Gasteiger partial charge in [-0.05, 0) is 19.2 Å². The lowest BCUT2D eigenvalue weighted by atomic mass is 10.1. The zero-order chi connectivity index (χ0) is 11.7. The first-order valence-electron chi connectivity index (χ1n) is 4.55. The molecule has 0 aliphatic heterocycles. The van der Waals surface area contributed by atoms with Crippen molar-refractivity contribution in [1.82, 2.24) is 0 Å². The summed E-state index contributed by atoms with van der Waals surface area (Å²) in [7, 11) is 0. The third-order valence-electron chi connectivity index (χ3n) is 1.51. The monoisotopic (exact) mass is 209 g/mol. The number of ether oxygens (including phenoxy) is 1. The van der Waals surface area contributed by atoms with Gasteiger partial charge in [0.2, 0.25) is 0 Å². The molecule has 0 saturated carbocycles. The van der Waals surface area contributed by atoms with Crippen LogP contribution in [0, 0.1) is 0 Å². The fourth-order valence-electron chi connectivity index (χ4n) is 0.917. The third-order valence-corrected chi connectivity index (χ3v) is 1.51. The molecule has 0 fully saturated rings. The maximum absolute atomic E-state index is 11.5. The lowest BCUT2D eigenvalue weighted by Gasteiger charge is -2.01. The molecule has 0 radical (unpaired) electrons. The van der Waals surface area contributed by atoms with Gasteiger partial charge in [-0.1, -0.05) is 18.7 Å². The topological polar surface area (TPSA) is 69.4 Å². The molecule has 0 atom stereocenters. The van der Waals surface area contributed by atoms with Gasteiger partial charge >= 0.3 is 5.97 Å². The summed E-state index contributed by atoms with van der Waals surface area (Å²) < 4.78 is 4.65. The Morgan fingerprint density at radius 3 is 2.60 bits per heavy atom. The summed E-state index contributed by atoms with van der Waals surface area (Å²) in [5.74, 6) is -0.877. The SMILES string of the molecule is C=C/C=C(\C=C/N)C(=O)CC(=O)OCC. The molecule has 0 aromatic carbocycles. The predicted molar refractivity (Wildman–Crippen MR) is 57.9 cm³/mol. The second-order valence-corrected chi connectivity index (χ2v) is 2.62. The molecule has 0 bridgehead atoms. The Bertz CT molecular complexity index is 303. The Kier molecular flexibility index (Phi) is 6.63. The van der Waals surface area contributed by atoms with E-state index in [1.165, 1.54) is 24.4 Å². The van der Waals surface area contributed by atoms with E-state index in [4.69, 9.17) is 5.73 Å². The average Bonchev–Trinajstić information content (AvgIpc) is 2.17. The fourth-order valence-corrected chi connectivity index (χ4v) is 0.917. The van der Waals surface area contributed by atoms with E-state index >= 15 is 0 Å². The molecule has 4 nitrogen and oxygen atoms in total. The molecule has 15 heavy (non-hydrogen) atoms. The molecule has 0 saturated heterocycles. The minimum absolute atomic E-state index is 0.263. The number of carbonyl (C=O) groups is 2. The minimum Gasteiger partial charge on any atom is -0.466 e. The smallest absolute Gasteiger partial charge is 0.313 e. The lowest BCUT2D eigenvalue weighted by Crippen LogP contribution is -2.12. The Morgan fingerprint density at radius 1 is 1.47 bits per heavy atom. The molecular weight excluding hydrogens is 194 g/mol. The highest BCUT2D eigenvalue weighted by Gasteiger charge is 2.12. The Hall–Kier alpha value is -1.84. The van der Waals surface area contributed by atoms with Gasteiger partial charge in [-0.25, -0.2) is 0 Å². The number of hydrogen-bond donors (Lipinski definition) is 1. The van der Waals surface area contributed by atoms with E-state index in [0.717, 1.165) is 0 Å². The van der Waals surface area contributed by atoms with Crippen LogP contribution in [-0.4, -0.2) is 18.4 Å². The van der Waals surface area contributed by atoms with Crippen LogP contribution in [0.2, 0.25) is 0 Å². The van der Waals surface area contributed by atoms with Gasteiger partial charge in [0.15, 0.2) is 5.78 Å². The molecule has 0 spiro atoms. The quantitative estimate of drug-likeness (QED) is 0.308. The van der Waals surface area contributed by atoms with E-state index in [1.807, 2.05) is 0 Å². The number of carbonyl (C=O) groups excluding carboxylic acids is 2. The maximum atomic E-state index is 11.5. The van der Waals surface area contributed by atoms with Crippen LogP contribution in [0.1, 0.15) is 13.3 Å². The zero-order valence-corrected chi connectivity index (χ0v) is 8.73. The summed E-state index contributed by atoms with van der Waals surface area (Å²) in [5, 5.41) is 0. The van der Waals surface area contributed by atoms with Crippen molar-refractivity contribution in [1.29, 1.82) is 0 Å². The number of hydrogen-bond acceptors (Lipinski definition) is 4. The van der Waals surface area contributed by atoms with Crippen molar-refractivity contribution in [3.05, 3.63) is 36.6 Å². The van der Waals surface area contributed by atoms with Gasteiger partial charge in [0.25, 0.3) is 0 Å². The summed E-state index contributed by atoms with van der Waals surface area (Å²) in [6, 6.07) is 0. The summed E-state index contributed by atoms with van der Waals surface area (Å²) >= 11 is 0. The lowest BCUT2D eigenvalue weighted by molar-refractivity contribution is -0.144. The molecule has 0 aromatic rings. The van der Waals surface area contributed by atoms with E-state index < -0.39 is 5.97 Å². The van der Waals surface area contributed by atoms with E-state index in [2.05, 4.69) is 11.3 Å². The van der Waals surface area contributed by atoms with Crippen LogP contribution in [0.5, 0.6) is 0 Å². The van der Waals surface area contributed by atoms with E-state index in [1.54, 1.807) is 6.92 Å². The van der Waals surface area contributed by atoms with E-state index in [-0.39, 0.29) is 18.8 Å². The second-order valence-electron chi connectivity index (χ2n) is 2.62. The molecule has 0 amide bonds.